The lowest BCUT2D eigenvalue weighted by molar-refractivity contribution is -0.139. The maximum atomic E-state index is 15.1. The van der Waals surface area contributed by atoms with Gasteiger partial charge in [0.05, 0.1) is 18.1 Å². The Labute approximate surface area is 208 Å². The summed E-state index contributed by atoms with van der Waals surface area (Å²) < 4.78 is 20.7. The van der Waals surface area contributed by atoms with Crippen LogP contribution in [-0.2, 0) is 20.7 Å². The largest absolute Gasteiger partial charge is 0.462 e. The first kappa shape index (κ1) is 23.2. The van der Waals surface area contributed by atoms with E-state index in [0.29, 0.717) is 41.7 Å². The molecule has 2 aromatic carbocycles. The molecule has 2 aliphatic rings. The van der Waals surface area contributed by atoms with Crippen LogP contribution in [0.2, 0.25) is 0 Å². The summed E-state index contributed by atoms with van der Waals surface area (Å²) in [5, 5.41) is 5.33. The number of nitrogens with one attached hydrogen (secondary N) is 1. The van der Waals surface area contributed by atoms with Gasteiger partial charge in [0.15, 0.2) is 5.78 Å². The molecule has 5 rings (SSSR count). The summed E-state index contributed by atoms with van der Waals surface area (Å²) in [6.07, 6.45) is 1.55. The lowest BCUT2D eigenvalue weighted by atomic mass is 9.72. The van der Waals surface area contributed by atoms with Gasteiger partial charge in [-0.2, -0.15) is 0 Å². The third-order valence-electron chi connectivity index (χ3n) is 6.68. The highest BCUT2D eigenvalue weighted by Gasteiger charge is 2.42. The number of benzene rings is 2. The molecule has 6 heteroatoms. The van der Waals surface area contributed by atoms with Gasteiger partial charge in [0.1, 0.15) is 5.82 Å². The second kappa shape index (κ2) is 10.0. The normalized spacial score (nSPS) is 19.9. The number of carbonyl (C=O) groups is 2. The Morgan fingerprint density at radius 2 is 1.83 bits per heavy atom. The van der Waals surface area contributed by atoms with Crippen LogP contribution in [0.4, 0.5) is 4.39 Å². The molecule has 0 saturated carbocycles. The molecule has 2 heterocycles. The number of allylic oxidation sites excluding steroid dienone is 3. The lowest BCUT2D eigenvalue weighted by Gasteiger charge is -2.36. The molecule has 1 aromatic heterocycles. The van der Waals surface area contributed by atoms with Gasteiger partial charge < -0.3 is 10.1 Å². The summed E-state index contributed by atoms with van der Waals surface area (Å²) >= 11 is 1.64. The Morgan fingerprint density at radius 1 is 1.06 bits per heavy atom. The van der Waals surface area contributed by atoms with Crippen LogP contribution in [0.15, 0.2) is 94.7 Å². The van der Waals surface area contributed by atoms with Crippen LogP contribution in [0.25, 0.3) is 0 Å². The highest BCUT2D eigenvalue weighted by molar-refractivity contribution is 7.10. The number of hydrogen-bond donors (Lipinski definition) is 1. The van der Waals surface area contributed by atoms with E-state index in [1.165, 1.54) is 6.07 Å². The van der Waals surface area contributed by atoms with Crippen molar-refractivity contribution in [1.29, 1.82) is 0 Å². The van der Waals surface area contributed by atoms with Crippen molar-refractivity contribution in [3.8, 4) is 0 Å². The van der Waals surface area contributed by atoms with E-state index in [1.807, 2.05) is 47.8 Å². The minimum absolute atomic E-state index is 0.0625. The zero-order valence-electron chi connectivity index (χ0n) is 19.4. The number of thiophene rings is 1. The maximum Gasteiger partial charge on any atom is 0.336 e. The second-order valence-corrected chi connectivity index (χ2v) is 9.90. The van der Waals surface area contributed by atoms with Gasteiger partial charge in [-0.3, -0.25) is 4.79 Å². The molecule has 3 aromatic rings. The quantitative estimate of drug-likeness (QED) is 0.431. The average molecular weight is 488 g/mol. The van der Waals surface area contributed by atoms with E-state index in [2.05, 4.69) is 5.32 Å². The molecule has 4 nitrogen and oxygen atoms in total. The molecule has 1 aliphatic heterocycles. The molecule has 35 heavy (non-hydrogen) atoms. The Balaban J connectivity index is 1.47. The van der Waals surface area contributed by atoms with Crippen molar-refractivity contribution < 1.29 is 18.7 Å². The minimum Gasteiger partial charge on any atom is -0.462 e. The molecule has 1 N–H and O–H groups in total. The van der Waals surface area contributed by atoms with Gasteiger partial charge in [-0.05, 0) is 36.4 Å². The van der Waals surface area contributed by atoms with Gasteiger partial charge in [0.2, 0.25) is 0 Å². The Bertz CT molecular complexity index is 1310. The highest BCUT2D eigenvalue weighted by atomic mass is 32.1. The van der Waals surface area contributed by atoms with Crippen molar-refractivity contribution in [3.63, 3.8) is 0 Å². The number of halogens is 1. The topological polar surface area (TPSA) is 55.4 Å². The highest BCUT2D eigenvalue weighted by Crippen LogP contribution is 2.46. The predicted octanol–water partition coefficient (Wildman–Crippen LogP) is 6.03. The zero-order chi connectivity index (χ0) is 24.4. The molecule has 2 atom stereocenters. The molecule has 0 radical (unpaired) electrons. The Morgan fingerprint density at radius 3 is 2.57 bits per heavy atom. The lowest BCUT2D eigenvalue weighted by Crippen LogP contribution is -2.36. The summed E-state index contributed by atoms with van der Waals surface area (Å²) in [5.41, 5.74) is 3.52. The fourth-order valence-electron chi connectivity index (χ4n) is 5.04. The van der Waals surface area contributed by atoms with Gasteiger partial charge in [-0.1, -0.05) is 54.6 Å². The van der Waals surface area contributed by atoms with Crippen LogP contribution in [-0.4, -0.2) is 18.4 Å². The van der Waals surface area contributed by atoms with E-state index in [-0.39, 0.29) is 18.3 Å². The van der Waals surface area contributed by atoms with Gasteiger partial charge in [-0.25, -0.2) is 9.18 Å². The molecule has 0 fully saturated rings. The first-order chi connectivity index (χ1) is 17.0. The number of ether oxygens (including phenoxy) is 1. The first-order valence-corrected chi connectivity index (χ1v) is 12.6. The summed E-state index contributed by atoms with van der Waals surface area (Å²) in [6, 6.07) is 20.2. The first-order valence-electron chi connectivity index (χ1n) is 11.8. The number of rotatable bonds is 6. The molecule has 1 aliphatic carbocycles. The van der Waals surface area contributed by atoms with E-state index in [0.717, 1.165) is 16.1 Å². The van der Waals surface area contributed by atoms with E-state index in [9.17, 15) is 9.59 Å². The van der Waals surface area contributed by atoms with Gasteiger partial charge in [0.25, 0.3) is 0 Å². The fourth-order valence-corrected chi connectivity index (χ4v) is 5.87. The molecule has 0 saturated heterocycles. The van der Waals surface area contributed by atoms with Crippen molar-refractivity contribution in [2.45, 2.75) is 38.0 Å². The number of ketones is 1. The third-order valence-corrected chi connectivity index (χ3v) is 7.71. The van der Waals surface area contributed by atoms with Crippen LogP contribution < -0.4 is 5.32 Å². The van der Waals surface area contributed by atoms with Crippen LogP contribution in [0.3, 0.4) is 0 Å². The van der Waals surface area contributed by atoms with Crippen LogP contribution in [0.5, 0.6) is 0 Å². The molecule has 0 unspecified atom stereocenters. The van der Waals surface area contributed by atoms with Crippen molar-refractivity contribution in [3.05, 3.63) is 116 Å². The standard InChI is InChI=1S/C29H26FNO3S/c1-18-26(29(33)34-14-13-19-8-3-2-4-9-19)27(21-10-5-6-11-22(21)30)28-23(31-18)16-20(17-24(28)32)25-12-7-15-35-25/h2-12,15,20,27,31H,13-14,16-17H2,1H3/t20-,27-/m0/s1. The van der Waals surface area contributed by atoms with E-state index in [1.54, 1.807) is 36.5 Å². The van der Waals surface area contributed by atoms with Gasteiger partial charge in [-0.15, -0.1) is 11.3 Å². The minimum atomic E-state index is -0.798. The molecule has 0 spiro atoms. The van der Waals surface area contributed by atoms with Gasteiger partial charge in [0, 0.05) is 46.2 Å². The summed E-state index contributed by atoms with van der Waals surface area (Å²) in [7, 11) is 0. The Hall–Kier alpha value is -3.51. The van der Waals surface area contributed by atoms with Crippen molar-refractivity contribution in [1.82, 2.24) is 5.32 Å². The number of esters is 1. The number of dihydropyridines is 1. The summed E-state index contributed by atoms with van der Waals surface area (Å²) in [6.45, 7) is 1.99. The molecular formula is C29H26FNO3S. The fraction of sp³-hybridized carbons (Fsp3) is 0.241. The van der Waals surface area contributed by atoms with Crippen molar-refractivity contribution >= 4 is 23.1 Å². The monoisotopic (exact) mass is 487 g/mol. The summed E-state index contributed by atoms with van der Waals surface area (Å²) in [5.74, 6) is -1.76. The van der Waals surface area contributed by atoms with E-state index >= 15 is 4.39 Å². The zero-order valence-corrected chi connectivity index (χ0v) is 20.2. The Kier molecular flexibility index (Phi) is 6.64. The summed E-state index contributed by atoms with van der Waals surface area (Å²) in [4.78, 5) is 28.0. The maximum absolute atomic E-state index is 15.1. The van der Waals surface area contributed by atoms with Crippen LogP contribution >= 0.6 is 11.3 Å². The number of hydrogen-bond acceptors (Lipinski definition) is 5. The molecular weight excluding hydrogens is 461 g/mol. The van der Waals surface area contributed by atoms with Crippen LogP contribution in [0.1, 0.15) is 47.6 Å². The number of Topliss-reactive ketones (excluding diaryl/α,β-unsaturated/α-hetero) is 1. The average Bonchev–Trinajstić information content (AvgIpc) is 3.39. The second-order valence-electron chi connectivity index (χ2n) is 8.93. The van der Waals surface area contributed by atoms with Crippen LogP contribution in [0, 0.1) is 5.82 Å². The molecule has 0 amide bonds. The molecule has 0 bridgehead atoms. The predicted molar refractivity (Wildman–Crippen MR) is 134 cm³/mol. The van der Waals surface area contributed by atoms with Crippen molar-refractivity contribution in [2.24, 2.45) is 0 Å². The van der Waals surface area contributed by atoms with E-state index < -0.39 is 17.7 Å². The third kappa shape index (κ3) is 4.71. The smallest absolute Gasteiger partial charge is 0.336 e. The number of carbonyl (C=O) groups excluding carboxylic acids is 2. The molecule has 178 valence electrons. The van der Waals surface area contributed by atoms with E-state index in [4.69, 9.17) is 4.74 Å². The van der Waals surface area contributed by atoms with Crippen molar-refractivity contribution in [2.75, 3.05) is 6.61 Å². The van der Waals surface area contributed by atoms with Gasteiger partial charge >= 0.3 is 5.97 Å². The SMILES string of the molecule is CC1=C(C(=O)OCCc2ccccc2)[C@H](c2ccccc2F)C2=C(C[C@H](c3cccs3)CC2=O)N1.